The van der Waals surface area contributed by atoms with Crippen molar-refractivity contribution in [3.05, 3.63) is 67.0 Å². The maximum atomic E-state index is 12.2. The number of thiophene rings is 1. The van der Waals surface area contributed by atoms with Crippen LogP contribution in [0.15, 0.2) is 51.0 Å². The molecule has 23 heavy (non-hydrogen) atoms. The molecular weight excluding hydrogens is 382 g/mol. The minimum atomic E-state index is -0.698. The molecule has 116 valence electrons. The molecule has 2 heterocycles. The number of aromatic nitrogens is 1. The van der Waals surface area contributed by atoms with Crippen molar-refractivity contribution in [2.45, 2.75) is 0 Å². The molecule has 5 nitrogen and oxygen atoms in total. The van der Waals surface area contributed by atoms with Gasteiger partial charge in [-0.25, -0.2) is 4.79 Å². The third kappa shape index (κ3) is 3.40. The molecule has 0 bridgehead atoms. The molecular formula is C16H10BrNO4S. The van der Waals surface area contributed by atoms with Crippen molar-refractivity contribution < 1.29 is 14.3 Å². The number of rotatable bonds is 4. The van der Waals surface area contributed by atoms with Gasteiger partial charge in [-0.15, -0.1) is 11.3 Å². The lowest BCUT2D eigenvalue weighted by Gasteiger charge is -2.06. The van der Waals surface area contributed by atoms with E-state index in [4.69, 9.17) is 4.74 Å². The highest BCUT2D eigenvalue weighted by Gasteiger charge is 2.16. The molecule has 1 aromatic carbocycles. The Morgan fingerprint density at radius 3 is 2.70 bits per heavy atom. The number of carbonyl (C=O) groups is 2. The third-order valence-corrected chi connectivity index (χ3v) is 4.82. The molecule has 3 rings (SSSR count). The number of hydrogen-bond donors (Lipinski definition) is 1. The zero-order chi connectivity index (χ0) is 16.4. The van der Waals surface area contributed by atoms with Gasteiger partial charge in [-0.05, 0) is 34.1 Å². The van der Waals surface area contributed by atoms with Gasteiger partial charge in [-0.1, -0.05) is 18.2 Å². The number of Topliss-reactive ketones (excluding diaryl/α,β-unsaturated/α-hetero) is 1. The van der Waals surface area contributed by atoms with E-state index in [1.54, 1.807) is 36.4 Å². The number of fused-ring (bicyclic) bond motifs is 1. The number of esters is 1. The maximum absolute atomic E-state index is 12.2. The van der Waals surface area contributed by atoms with Crippen LogP contribution in [0.25, 0.3) is 10.9 Å². The lowest BCUT2D eigenvalue weighted by molar-refractivity contribution is 0.0477. The normalized spacial score (nSPS) is 10.7. The average Bonchev–Trinajstić information content (AvgIpc) is 2.98. The van der Waals surface area contributed by atoms with Gasteiger partial charge >= 0.3 is 5.97 Å². The van der Waals surface area contributed by atoms with Crippen molar-refractivity contribution in [3.8, 4) is 0 Å². The number of aromatic amines is 1. The largest absolute Gasteiger partial charge is 0.454 e. The molecule has 7 heteroatoms. The molecule has 0 aliphatic carbocycles. The van der Waals surface area contributed by atoms with Crippen LogP contribution in [0.1, 0.15) is 20.0 Å². The number of benzene rings is 1. The molecule has 2 aromatic heterocycles. The van der Waals surface area contributed by atoms with E-state index in [9.17, 15) is 14.4 Å². The summed E-state index contributed by atoms with van der Waals surface area (Å²) in [5.74, 6) is -0.987. The van der Waals surface area contributed by atoms with Crippen LogP contribution in [0.5, 0.6) is 0 Å². The van der Waals surface area contributed by atoms with Crippen molar-refractivity contribution in [2.24, 2.45) is 0 Å². The number of ketones is 1. The molecule has 0 spiro atoms. The zero-order valence-corrected chi connectivity index (χ0v) is 14.1. The monoisotopic (exact) mass is 391 g/mol. The Morgan fingerprint density at radius 1 is 1.17 bits per heavy atom. The molecule has 0 saturated heterocycles. The number of nitrogens with one attached hydrogen (secondary N) is 1. The summed E-state index contributed by atoms with van der Waals surface area (Å²) >= 11 is 4.54. The lowest BCUT2D eigenvalue weighted by Crippen LogP contribution is -2.16. The van der Waals surface area contributed by atoms with E-state index < -0.39 is 11.5 Å². The van der Waals surface area contributed by atoms with Gasteiger partial charge in [0.15, 0.2) is 6.61 Å². The van der Waals surface area contributed by atoms with E-state index in [2.05, 4.69) is 20.9 Å². The van der Waals surface area contributed by atoms with Gasteiger partial charge in [0.1, 0.15) is 0 Å². The number of carbonyl (C=O) groups excluding carboxylic acids is 2. The second-order valence-corrected chi connectivity index (χ2v) is 7.16. The Balaban J connectivity index is 1.81. The van der Waals surface area contributed by atoms with E-state index >= 15 is 0 Å². The highest BCUT2D eigenvalue weighted by molar-refractivity contribution is 9.11. The van der Waals surface area contributed by atoms with Crippen molar-refractivity contribution in [3.63, 3.8) is 0 Å². The van der Waals surface area contributed by atoms with E-state index in [1.165, 1.54) is 17.4 Å². The lowest BCUT2D eigenvalue weighted by atomic mass is 10.1. The minimum Gasteiger partial charge on any atom is -0.454 e. The Hall–Kier alpha value is -2.25. The molecule has 0 atom stereocenters. The van der Waals surface area contributed by atoms with Crippen LogP contribution >= 0.6 is 27.3 Å². The summed E-state index contributed by atoms with van der Waals surface area (Å²) in [6, 6.07) is 11.5. The average molecular weight is 392 g/mol. The molecule has 1 N–H and O–H groups in total. The van der Waals surface area contributed by atoms with Crippen molar-refractivity contribution in [2.75, 3.05) is 6.61 Å². The molecule has 0 saturated carbocycles. The van der Waals surface area contributed by atoms with Gasteiger partial charge in [0.05, 0.1) is 14.2 Å². The quantitative estimate of drug-likeness (QED) is 0.546. The highest BCUT2D eigenvalue weighted by Crippen LogP contribution is 2.22. The van der Waals surface area contributed by atoms with Gasteiger partial charge in [-0.3, -0.25) is 9.59 Å². The van der Waals surface area contributed by atoms with E-state index in [1.807, 2.05) is 0 Å². The standard InChI is InChI=1S/C16H10BrNO4S/c17-14-6-5-13(23-14)12(19)8-22-16(21)10-7-15(20)18-11-4-2-1-3-9(10)11/h1-7H,8H2,(H,18,20). The highest BCUT2D eigenvalue weighted by atomic mass is 79.9. The fourth-order valence-corrected chi connectivity index (χ4v) is 3.43. The first-order chi connectivity index (χ1) is 11.0. The van der Waals surface area contributed by atoms with Gasteiger partial charge < -0.3 is 9.72 Å². The number of hydrogen-bond acceptors (Lipinski definition) is 5. The van der Waals surface area contributed by atoms with Crippen LogP contribution in [0.4, 0.5) is 0 Å². The van der Waals surface area contributed by atoms with Crippen molar-refractivity contribution in [1.29, 1.82) is 0 Å². The predicted molar refractivity (Wildman–Crippen MR) is 91.2 cm³/mol. The summed E-state index contributed by atoms with van der Waals surface area (Å²) in [6.45, 7) is -0.368. The topological polar surface area (TPSA) is 76.2 Å². The molecule has 0 fully saturated rings. The molecule has 0 aliphatic rings. The number of para-hydroxylation sites is 1. The van der Waals surface area contributed by atoms with Gasteiger partial charge in [0.25, 0.3) is 0 Å². The first-order valence-corrected chi connectivity index (χ1v) is 8.23. The second kappa shape index (κ2) is 6.47. The summed E-state index contributed by atoms with van der Waals surface area (Å²) in [5, 5.41) is 0.573. The van der Waals surface area contributed by atoms with Crippen LogP contribution in [-0.4, -0.2) is 23.3 Å². The fourth-order valence-electron chi connectivity index (χ4n) is 2.12. The first-order valence-electron chi connectivity index (χ1n) is 6.62. The third-order valence-electron chi connectivity index (χ3n) is 3.15. The molecule has 0 radical (unpaired) electrons. The summed E-state index contributed by atoms with van der Waals surface area (Å²) in [5.41, 5.74) is 0.286. The number of halogens is 1. The predicted octanol–water partition coefficient (Wildman–Crippen LogP) is 3.39. The van der Waals surface area contributed by atoms with E-state index in [0.717, 1.165) is 3.79 Å². The van der Waals surface area contributed by atoms with E-state index in [0.29, 0.717) is 15.8 Å². The van der Waals surface area contributed by atoms with Crippen molar-refractivity contribution in [1.82, 2.24) is 4.98 Å². The van der Waals surface area contributed by atoms with Gasteiger partial charge in [0.2, 0.25) is 11.3 Å². The minimum absolute atomic E-state index is 0.143. The maximum Gasteiger partial charge on any atom is 0.339 e. The van der Waals surface area contributed by atoms with Crippen LogP contribution in [-0.2, 0) is 4.74 Å². The smallest absolute Gasteiger partial charge is 0.339 e. The molecule has 3 aromatic rings. The number of pyridine rings is 1. The van der Waals surface area contributed by atoms with Gasteiger partial charge in [-0.2, -0.15) is 0 Å². The number of H-pyrrole nitrogens is 1. The van der Waals surface area contributed by atoms with E-state index in [-0.39, 0.29) is 18.0 Å². The SMILES string of the molecule is O=C(COC(=O)c1cc(=O)[nH]c2ccccc12)c1ccc(Br)s1. The summed E-state index contributed by atoms with van der Waals surface area (Å²) in [4.78, 5) is 39.0. The van der Waals surface area contributed by atoms with Crippen LogP contribution < -0.4 is 5.56 Å². The second-order valence-electron chi connectivity index (χ2n) is 4.70. The summed E-state index contributed by atoms with van der Waals surface area (Å²) in [6.07, 6.45) is 0. The zero-order valence-electron chi connectivity index (χ0n) is 11.7. The number of ether oxygens (including phenoxy) is 1. The Labute approximate surface area is 143 Å². The fraction of sp³-hybridized carbons (Fsp3) is 0.0625. The Kier molecular flexibility index (Phi) is 4.40. The van der Waals surface area contributed by atoms with Gasteiger partial charge in [0, 0.05) is 17.0 Å². The molecule has 0 aliphatic heterocycles. The Morgan fingerprint density at radius 2 is 1.96 bits per heavy atom. The van der Waals surface area contributed by atoms with Crippen LogP contribution in [0, 0.1) is 0 Å². The van der Waals surface area contributed by atoms with Crippen LogP contribution in [0.3, 0.4) is 0 Å². The molecule has 0 unspecified atom stereocenters. The first kappa shape index (κ1) is 15.6. The summed E-state index contributed by atoms with van der Waals surface area (Å²) < 4.78 is 5.89. The van der Waals surface area contributed by atoms with Crippen LogP contribution in [0.2, 0.25) is 0 Å². The Bertz CT molecular complexity index is 960. The molecule has 0 amide bonds. The van der Waals surface area contributed by atoms with Crippen molar-refractivity contribution >= 4 is 49.9 Å². The summed E-state index contributed by atoms with van der Waals surface area (Å²) in [7, 11) is 0.